The summed E-state index contributed by atoms with van der Waals surface area (Å²) < 4.78 is 42.1. The van der Waals surface area contributed by atoms with Crippen molar-refractivity contribution in [3.05, 3.63) is 83.3 Å². The third kappa shape index (κ3) is 4.18. The number of halogens is 2. The molecule has 5 rings (SSSR count). The molecule has 0 unspecified atom stereocenters. The lowest BCUT2D eigenvalue weighted by Gasteiger charge is -2.16. The molecule has 1 aliphatic heterocycles. The van der Waals surface area contributed by atoms with Gasteiger partial charge in [0.15, 0.2) is 0 Å². The van der Waals surface area contributed by atoms with Gasteiger partial charge in [-0.05, 0) is 60.7 Å². The standard InChI is InChI=1S/C23H17ClFN5O3S/c24-18-6-3-14(12-17(18)20-7-8-21-22(29-20)2-1-9-26-21)28-23(31)16-5-4-15(13-19(16)25)30-11-10-27-34(30,32)33/h1-9,12-13,27H,10-11H2,(H,28,31). The second-order valence-corrected chi connectivity index (χ2v) is 9.61. The number of pyridine rings is 2. The molecule has 2 aromatic heterocycles. The molecule has 1 saturated heterocycles. The molecule has 0 atom stereocenters. The molecule has 0 aliphatic carbocycles. The predicted molar refractivity (Wildman–Crippen MR) is 129 cm³/mol. The van der Waals surface area contributed by atoms with E-state index in [2.05, 4.69) is 20.0 Å². The molecule has 0 bridgehead atoms. The highest BCUT2D eigenvalue weighted by atomic mass is 35.5. The first kappa shape index (κ1) is 22.2. The summed E-state index contributed by atoms with van der Waals surface area (Å²) in [6.45, 7) is 0.410. The quantitative estimate of drug-likeness (QED) is 0.443. The lowest BCUT2D eigenvalue weighted by molar-refractivity contribution is 0.102. The van der Waals surface area contributed by atoms with Gasteiger partial charge in [0.1, 0.15) is 5.82 Å². The average molecular weight is 498 g/mol. The minimum Gasteiger partial charge on any atom is -0.322 e. The van der Waals surface area contributed by atoms with Crippen LogP contribution >= 0.6 is 11.6 Å². The molecule has 11 heteroatoms. The van der Waals surface area contributed by atoms with E-state index in [0.717, 1.165) is 15.9 Å². The number of nitrogens with one attached hydrogen (secondary N) is 2. The Hall–Kier alpha value is -3.60. The third-order valence-electron chi connectivity index (χ3n) is 5.33. The number of fused-ring (bicyclic) bond motifs is 1. The summed E-state index contributed by atoms with van der Waals surface area (Å²) in [7, 11) is -3.69. The van der Waals surface area contributed by atoms with E-state index in [1.165, 1.54) is 12.1 Å². The van der Waals surface area contributed by atoms with Crippen molar-refractivity contribution >= 4 is 50.1 Å². The first-order valence-corrected chi connectivity index (χ1v) is 12.0. The van der Waals surface area contributed by atoms with Crippen LogP contribution < -0.4 is 14.3 Å². The van der Waals surface area contributed by atoms with E-state index in [4.69, 9.17) is 11.6 Å². The van der Waals surface area contributed by atoms with Crippen LogP contribution in [0, 0.1) is 5.82 Å². The van der Waals surface area contributed by atoms with Crippen LogP contribution in [0.3, 0.4) is 0 Å². The average Bonchev–Trinajstić information content (AvgIpc) is 3.18. The second kappa shape index (κ2) is 8.64. The van der Waals surface area contributed by atoms with Gasteiger partial charge in [-0.1, -0.05) is 11.6 Å². The lowest BCUT2D eigenvalue weighted by atomic mass is 10.1. The molecule has 34 heavy (non-hydrogen) atoms. The molecule has 8 nitrogen and oxygen atoms in total. The zero-order chi connectivity index (χ0) is 23.9. The Morgan fingerprint density at radius 3 is 2.71 bits per heavy atom. The number of rotatable bonds is 4. The molecule has 1 aliphatic rings. The lowest BCUT2D eigenvalue weighted by Crippen LogP contribution is -2.29. The summed E-state index contributed by atoms with van der Waals surface area (Å²) in [5.74, 6) is -1.52. The smallest absolute Gasteiger partial charge is 0.301 e. The maximum atomic E-state index is 14.7. The molecule has 172 valence electrons. The largest absolute Gasteiger partial charge is 0.322 e. The molecule has 0 spiro atoms. The summed E-state index contributed by atoms with van der Waals surface area (Å²) in [6, 6.07) is 15.8. The van der Waals surface area contributed by atoms with Crippen molar-refractivity contribution in [3.8, 4) is 11.3 Å². The molecule has 3 heterocycles. The minimum absolute atomic E-state index is 0.143. The van der Waals surface area contributed by atoms with Crippen LogP contribution in [-0.4, -0.2) is 37.4 Å². The van der Waals surface area contributed by atoms with Gasteiger partial charge in [-0.3, -0.25) is 14.1 Å². The maximum Gasteiger partial charge on any atom is 0.301 e. The Morgan fingerprint density at radius 1 is 1.09 bits per heavy atom. The van der Waals surface area contributed by atoms with E-state index in [-0.39, 0.29) is 24.3 Å². The highest BCUT2D eigenvalue weighted by molar-refractivity contribution is 7.91. The van der Waals surface area contributed by atoms with Crippen molar-refractivity contribution in [1.29, 1.82) is 0 Å². The van der Waals surface area contributed by atoms with Crippen LogP contribution in [0.4, 0.5) is 15.8 Å². The van der Waals surface area contributed by atoms with Gasteiger partial charge in [-0.15, -0.1) is 0 Å². The molecule has 2 aromatic carbocycles. The monoisotopic (exact) mass is 497 g/mol. The van der Waals surface area contributed by atoms with E-state index in [1.807, 2.05) is 12.1 Å². The Labute approximate surface area is 199 Å². The summed E-state index contributed by atoms with van der Waals surface area (Å²) in [5.41, 5.74) is 2.94. The van der Waals surface area contributed by atoms with E-state index in [0.29, 0.717) is 27.5 Å². The summed E-state index contributed by atoms with van der Waals surface area (Å²) >= 11 is 6.38. The topological polar surface area (TPSA) is 104 Å². The van der Waals surface area contributed by atoms with Crippen LogP contribution in [0.1, 0.15) is 10.4 Å². The van der Waals surface area contributed by atoms with Crippen LogP contribution in [0.15, 0.2) is 66.9 Å². The highest BCUT2D eigenvalue weighted by Gasteiger charge is 2.28. The van der Waals surface area contributed by atoms with E-state index >= 15 is 0 Å². The van der Waals surface area contributed by atoms with Crippen molar-refractivity contribution in [2.45, 2.75) is 0 Å². The fourth-order valence-electron chi connectivity index (χ4n) is 3.69. The number of carbonyl (C=O) groups is 1. The number of benzene rings is 2. The Balaban J connectivity index is 1.41. The van der Waals surface area contributed by atoms with Gasteiger partial charge < -0.3 is 5.32 Å². The summed E-state index contributed by atoms with van der Waals surface area (Å²) in [5, 5.41) is 3.09. The molecule has 2 N–H and O–H groups in total. The van der Waals surface area contributed by atoms with E-state index < -0.39 is 21.9 Å². The number of hydrogen-bond donors (Lipinski definition) is 2. The van der Waals surface area contributed by atoms with Gasteiger partial charge in [-0.25, -0.2) is 9.37 Å². The fourth-order valence-corrected chi connectivity index (χ4v) is 5.13. The van der Waals surface area contributed by atoms with Gasteiger partial charge in [0.2, 0.25) is 0 Å². The second-order valence-electron chi connectivity index (χ2n) is 7.52. The van der Waals surface area contributed by atoms with Crippen molar-refractivity contribution < 1.29 is 17.6 Å². The first-order chi connectivity index (χ1) is 16.3. The maximum absolute atomic E-state index is 14.7. The summed E-state index contributed by atoms with van der Waals surface area (Å²) in [6.07, 6.45) is 1.68. The Bertz CT molecular complexity index is 1550. The Kier molecular flexibility index (Phi) is 5.64. The zero-order valence-electron chi connectivity index (χ0n) is 17.5. The molecule has 4 aromatic rings. The Morgan fingerprint density at radius 2 is 1.94 bits per heavy atom. The van der Waals surface area contributed by atoms with Crippen LogP contribution in [-0.2, 0) is 10.2 Å². The minimum atomic E-state index is -3.69. The molecule has 1 amide bonds. The van der Waals surface area contributed by atoms with Crippen LogP contribution in [0.2, 0.25) is 5.02 Å². The van der Waals surface area contributed by atoms with Gasteiger partial charge in [0, 0.05) is 30.5 Å². The van der Waals surface area contributed by atoms with Gasteiger partial charge in [0.25, 0.3) is 5.91 Å². The fraction of sp³-hybridized carbons (Fsp3) is 0.0870. The van der Waals surface area contributed by atoms with E-state index in [1.54, 1.807) is 36.5 Å². The third-order valence-corrected chi connectivity index (χ3v) is 7.20. The van der Waals surface area contributed by atoms with Gasteiger partial charge in [-0.2, -0.15) is 13.1 Å². The molecular weight excluding hydrogens is 481 g/mol. The van der Waals surface area contributed by atoms with Gasteiger partial charge in [0.05, 0.1) is 33.0 Å². The van der Waals surface area contributed by atoms with Gasteiger partial charge >= 0.3 is 10.2 Å². The zero-order valence-corrected chi connectivity index (χ0v) is 19.1. The molecule has 0 saturated carbocycles. The van der Waals surface area contributed by atoms with Crippen molar-refractivity contribution in [2.75, 3.05) is 22.7 Å². The van der Waals surface area contributed by atoms with Crippen molar-refractivity contribution in [3.63, 3.8) is 0 Å². The number of hydrogen-bond acceptors (Lipinski definition) is 5. The number of amides is 1. The van der Waals surface area contributed by atoms with Crippen LogP contribution in [0.25, 0.3) is 22.3 Å². The first-order valence-electron chi connectivity index (χ1n) is 10.2. The number of anilines is 2. The molecule has 1 fully saturated rings. The highest BCUT2D eigenvalue weighted by Crippen LogP contribution is 2.31. The van der Waals surface area contributed by atoms with E-state index in [9.17, 15) is 17.6 Å². The molecule has 0 radical (unpaired) electrons. The van der Waals surface area contributed by atoms with Crippen molar-refractivity contribution in [2.24, 2.45) is 0 Å². The summed E-state index contributed by atoms with van der Waals surface area (Å²) in [4.78, 5) is 21.6. The number of nitrogens with zero attached hydrogens (tertiary/aromatic N) is 3. The van der Waals surface area contributed by atoms with Crippen LogP contribution in [0.5, 0.6) is 0 Å². The number of aromatic nitrogens is 2. The molecular formula is C23H17ClFN5O3S. The SMILES string of the molecule is O=C(Nc1ccc(Cl)c(-c2ccc3ncccc3n2)c1)c1ccc(N2CCNS2(=O)=O)cc1F. The van der Waals surface area contributed by atoms with Crippen molar-refractivity contribution in [1.82, 2.24) is 14.7 Å². The predicted octanol–water partition coefficient (Wildman–Crippen LogP) is 4.00. The normalized spacial score (nSPS) is 14.9. The number of carbonyl (C=O) groups excluding carboxylic acids is 1.